The van der Waals surface area contributed by atoms with E-state index in [0.717, 1.165) is 11.3 Å². The summed E-state index contributed by atoms with van der Waals surface area (Å²) < 4.78 is 10.6. The molecule has 0 aliphatic rings. The summed E-state index contributed by atoms with van der Waals surface area (Å²) >= 11 is 0. The number of carbonyl (C=O) groups is 1. The molecule has 0 fully saturated rings. The molecule has 0 spiro atoms. The summed E-state index contributed by atoms with van der Waals surface area (Å²) in [5, 5.41) is 3.36. The Morgan fingerprint density at radius 1 is 1.05 bits per heavy atom. The average Bonchev–Trinajstić information content (AvgIpc) is 2.54. The van der Waals surface area contributed by atoms with Crippen LogP contribution in [0.25, 0.3) is 0 Å². The van der Waals surface area contributed by atoms with Crippen molar-refractivity contribution in [3.8, 4) is 11.5 Å². The summed E-state index contributed by atoms with van der Waals surface area (Å²) in [6.07, 6.45) is 0. The van der Waals surface area contributed by atoms with Gasteiger partial charge in [0.2, 0.25) is 5.91 Å². The van der Waals surface area contributed by atoms with Gasteiger partial charge in [0, 0.05) is 17.3 Å². The smallest absolute Gasteiger partial charge is 0.248 e. The molecule has 2 rings (SSSR count). The average molecular weight is 300 g/mol. The van der Waals surface area contributed by atoms with Gasteiger partial charge in [-0.15, -0.1) is 0 Å². The number of primary amides is 1. The largest absolute Gasteiger partial charge is 0.493 e. The lowest BCUT2D eigenvalue weighted by atomic mass is 10.1. The second-order valence-corrected chi connectivity index (χ2v) is 4.92. The normalized spacial score (nSPS) is 11.6. The van der Waals surface area contributed by atoms with Gasteiger partial charge in [-0.3, -0.25) is 4.79 Å². The summed E-state index contributed by atoms with van der Waals surface area (Å²) in [5.74, 6) is 0.960. The number of hydrogen-bond acceptors (Lipinski definition) is 4. The highest BCUT2D eigenvalue weighted by Gasteiger charge is 2.10. The summed E-state index contributed by atoms with van der Waals surface area (Å²) in [4.78, 5) is 11.1. The van der Waals surface area contributed by atoms with Crippen LogP contribution in [0.15, 0.2) is 42.5 Å². The Morgan fingerprint density at radius 3 is 2.23 bits per heavy atom. The standard InChI is InChI=1S/C17H20N2O3/c1-11(13-6-9-15(21-2)16(10-13)22-3)19-14-7-4-12(5-8-14)17(18)20/h4-11,19H,1-3H3,(H2,18,20). The minimum Gasteiger partial charge on any atom is -0.493 e. The molecule has 3 N–H and O–H groups in total. The van der Waals surface area contributed by atoms with Crippen molar-refractivity contribution in [1.82, 2.24) is 0 Å². The molecule has 0 heterocycles. The van der Waals surface area contributed by atoms with Crippen LogP contribution in [0, 0.1) is 0 Å². The van der Waals surface area contributed by atoms with Crippen molar-refractivity contribution in [2.24, 2.45) is 5.73 Å². The molecule has 0 radical (unpaired) electrons. The minimum atomic E-state index is -0.431. The highest BCUT2D eigenvalue weighted by Crippen LogP contribution is 2.31. The van der Waals surface area contributed by atoms with E-state index in [9.17, 15) is 4.79 Å². The molecule has 0 saturated carbocycles. The van der Waals surface area contributed by atoms with Gasteiger partial charge in [-0.05, 0) is 48.9 Å². The van der Waals surface area contributed by atoms with E-state index < -0.39 is 5.91 Å². The Balaban J connectivity index is 2.14. The molecule has 0 aromatic heterocycles. The van der Waals surface area contributed by atoms with Crippen LogP contribution < -0.4 is 20.5 Å². The van der Waals surface area contributed by atoms with Gasteiger partial charge in [0.05, 0.1) is 14.2 Å². The van der Waals surface area contributed by atoms with Crippen molar-refractivity contribution in [2.45, 2.75) is 13.0 Å². The molecular weight excluding hydrogens is 280 g/mol. The molecule has 0 aliphatic heterocycles. The van der Waals surface area contributed by atoms with E-state index in [-0.39, 0.29) is 6.04 Å². The van der Waals surface area contributed by atoms with Crippen LogP contribution >= 0.6 is 0 Å². The fourth-order valence-electron chi connectivity index (χ4n) is 2.19. The van der Waals surface area contributed by atoms with Gasteiger partial charge in [-0.25, -0.2) is 0 Å². The van der Waals surface area contributed by atoms with E-state index in [1.54, 1.807) is 26.4 Å². The Hall–Kier alpha value is -2.69. The molecule has 5 heteroatoms. The fourth-order valence-corrected chi connectivity index (χ4v) is 2.19. The zero-order chi connectivity index (χ0) is 16.1. The van der Waals surface area contributed by atoms with Crippen molar-refractivity contribution in [2.75, 3.05) is 19.5 Å². The third-order valence-electron chi connectivity index (χ3n) is 3.46. The SMILES string of the molecule is COc1ccc(C(C)Nc2ccc(C(N)=O)cc2)cc1OC. The Bertz CT molecular complexity index is 653. The molecule has 22 heavy (non-hydrogen) atoms. The maximum Gasteiger partial charge on any atom is 0.248 e. The quantitative estimate of drug-likeness (QED) is 0.860. The van der Waals surface area contributed by atoms with E-state index in [2.05, 4.69) is 5.32 Å². The molecular formula is C17H20N2O3. The summed E-state index contributed by atoms with van der Waals surface area (Å²) in [5.41, 5.74) is 7.70. The van der Waals surface area contributed by atoms with Crippen LogP contribution in [0.1, 0.15) is 28.9 Å². The maximum absolute atomic E-state index is 11.1. The van der Waals surface area contributed by atoms with Crippen LogP contribution in [-0.4, -0.2) is 20.1 Å². The van der Waals surface area contributed by atoms with Gasteiger partial charge >= 0.3 is 0 Å². The van der Waals surface area contributed by atoms with Crippen LogP contribution in [0.3, 0.4) is 0 Å². The predicted octanol–water partition coefficient (Wildman–Crippen LogP) is 2.98. The molecule has 0 saturated heterocycles. The molecule has 2 aromatic carbocycles. The topological polar surface area (TPSA) is 73.6 Å². The Morgan fingerprint density at radius 2 is 1.68 bits per heavy atom. The highest BCUT2D eigenvalue weighted by atomic mass is 16.5. The first-order valence-electron chi connectivity index (χ1n) is 6.93. The number of nitrogens with two attached hydrogens (primary N) is 1. The van der Waals surface area contributed by atoms with Crippen LogP contribution in [0.2, 0.25) is 0 Å². The van der Waals surface area contributed by atoms with E-state index in [4.69, 9.17) is 15.2 Å². The first-order chi connectivity index (χ1) is 10.5. The van der Waals surface area contributed by atoms with Crippen LogP contribution in [0.5, 0.6) is 11.5 Å². The number of anilines is 1. The number of hydrogen-bond donors (Lipinski definition) is 2. The Kier molecular flexibility index (Phi) is 4.88. The number of ether oxygens (including phenoxy) is 2. The van der Waals surface area contributed by atoms with Gasteiger partial charge in [0.15, 0.2) is 11.5 Å². The lowest BCUT2D eigenvalue weighted by Crippen LogP contribution is -2.11. The lowest BCUT2D eigenvalue weighted by molar-refractivity contribution is 0.100. The zero-order valence-electron chi connectivity index (χ0n) is 12.9. The lowest BCUT2D eigenvalue weighted by Gasteiger charge is -2.17. The predicted molar refractivity (Wildman–Crippen MR) is 86.5 cm³/mol. The second kappa shape index (κ2) is 6.85. The molecule has 2 aromatic rings. The van der Waals surface area contributed by atoms with Crippen molar-refractivity contribution in [3.05, 3.63) is 53.6 Å². The highest BCUT2D eigenvalue weighted by molar-refractivity contribution is 5.93. The number of amides is 1. The zero-order valence-corrected chi connectivity index (χ0v) is 12.9. The van der Waals surface area contributed by atoms with Crippen molar-refractivity contribution in [3.63, 3.8) is 0 Å². The van der Waals surface area contributed by atoms with Gasteiger partial charge in [0.25, 0.3) is 0 Å². The molecule has 0 bridgehead atoms. The van der Waals surface area contributed by atoms with Gasteiger partial charge in [-0.2, -0.15) is 0 Å². The number of methoxy groups -OCH3 is 2. The summed E-state index contributed by atoms with van der Waals surface area (Å²) in [6.45, 7) is 2.04. The first-order valence-corrected chi connectivity index (χ1v) is 6.93. The summed E-state index contributed by atoms with van der Waals surface area (Å²) in [6, 6.07) is 12.9. The number of benzene rings is 2. The van der Waals surface area contributed by atoms with Gasteiger partial charge < -0.3 is 20.5 Å². The summed E-state index contributed by atoms with van der Waals surface area (Å²) in [7, 11) is 3.22. The number of nitrogens with one attached hydrogen (secondary N) is 1. The Labute approximate surface area is 130 Å². The van der Waals surface area contributed by atoms with Crippen LogP contribution in [-0.2, 0) is 0 Å². The van der Waals surface area contributed by atoms with Crippen molar-refractivity contribution >= 4 is 11.6 Å². The molecule has 116 valence electrons. The van der Waals surface area contributed by atoms with Crippen molar-refractivity contribution < 1.29 is 14.3 Å². The number of rotatable bonds is 6. The van der Waals surface area contributed by atoms with Crippen LogP contribution in [0.4, 0.5) is 5.69 Å². The molecule has 1 unspecified atom stereocenters. The van der Waals surface area contributed by atoms with E-state index in [1.165, 1.54) is 0 Å². The fraction of sp³-hybridized carbons (Fsp3) is 0.235. The van der Waals surface area contributed by atoms with E-state index >= 15 is 0 Å². The monoisotopic (exact) mass is 300 g/mol. The molecule has 5 nitrogen and oxygen atoms in total. The first kappa shape index (κ1) is 15.7. The third-order valence-corrected chi connectivity index (χ3v) is 3.46. The van der Waals surface area contributed by atoms with Gasteiger partial charge in [0.1, 0.15) is 0 Å². The number of carbonyl (C=O) groups excluding carboxylic acids is 1. The van der Waals surface area contributed by atoms with Gasteiger partial charge in [-0.1, -0.05) is 6.07 Å². The molecule has 0 aliphatic carbocycles. The second-order valence-electron chi connectivity index (χ2n) is 4.92. The van der Waals surface area contributed by atoms with Crippen molar-refractivity contribution in [1.29, 1.82) is 0 Å². The third kappa shape index (κ3) is 3.49. The molecule has 1 atom stereocenters. The maximum atomic E-state index is 11.1. The van der Waals surface area contributed by atoms with E-state index in [1.807, 2.05) is 37.3 Å². The minimum absolute atomic E-state index is 0.0687. The molecule has 1 amide bonds. The van der Waals surface area contributed by atoms with E-state index in [0.29, 0.717) is 17.1 Å².